The molecule has 1 aromatic carbocycles. The Balaban J connectivity index is 2.19. The highest BCUT2D eigenvalue weighted by molar-refractivity contribution is 5.32. The summed E-state index contributed by atoms with van der Waals surface area (Å²) in [5.41, 5.74) is 0. The van der Waals surface area contributed by atoms with Gasteiger partial charge in [-0.3, -0.25) is 0 Å². The Morgan fingerprint density at radius 1 is 1.18 bits per heavy atom. The molecule has 1 aromatic rings. The Kier molecular flexibility index (Phi) is 7.18. The van der Waals surface area contributed by atoms with Crippen molar-refractivity contribution in [2.45, 2.75) is 13.3 Å². The molecule has 0 amide bonds. The summed E-state index contributed by atoms with van der Waals surface area (Å²) in [6, 6.07) is 7.69. The van der Waals surface area contributed by atoms with Gasteiger partial charge in [-0.25, -0.2) is 0 Å². The molecule has 4 nitrogen and oxygen atoms in total. The summed E-state index contributed by atoms with van der Waals surface area (Å²) in [5.74, 6) is 1.69. The summed E-state index contributed by atoms with van der Waals surface area (Å²) in [7, 11) is 0. The van der Waals surface area contributed by atoms with Gasteiger partial charge in [0.25, 0.3) is 0 Å². The van der Waals surface area contributed by atoms with E-state index in [2.05, 4.69) is 5.32 Å². The number of quaternary nitrogens is 1. The molecule has 4 heteroatoms. The van der Waals surface area contributed by atoms with Crippen LogP contribution >= 0.6 is 0 Å². The number of aliphatic hydroxyl groups excluding tert-OH is 1. The highest BCUT2D eigenvalue weighted by atomic mass is 16.5. The van der Waals surface area contributed by atoms with Crippen molar-refractivity contribution < 1.29 is 19.9 Å². The minimum absolute atomic E-state index is 0.233. The minimum atomic E-state index is 0.233. The molecule has 0 heterocycles. The summed E-state index contributed by atoms with van der Waals surface area (Å²) in [4.78, 5) is 0. The average Bonchev–Trinajstić information content (AvgIpc) is 2.35. The van der Waals surface area contributed by atoms with Crippen molar-refractivity contribution in [2.24, 2.45) is 0 Å². The summed E-state index contributed by atoms with van der Waals surface area (Å²) >= 11 is 0. The molecule has 3 N–H and O–H groups in total. The van der Waals surface area contributed by atoms with Crippen LogP contribution in [0, 0.1) is 0 Å². The van der Waals surface area contributed by atoms with Gasteiger partial charge in [-0.05, 0) is 19.1 Å². The molecule has 0 unspecified atom stereocenters. The highest BCUT2D eigenvalue weighted by Crippen LogP contribution is 2.19. The predicted octanol–water partition coefficient (Wildman–Crippen LogP) is 0.410. The molecule has 17 heavy (non-hydrogen) atoms. The zero-order valence-electron chi connectivity index (χ0n) is 10.4. The van der Waals surface area contributed by atoms with Gasteiger partial charge in [0.05, 0.1) is 32.9 Å². The van der Waals surface area contributed by atoms with E-state index in [1.807, 2.05) is 31.2 Å². The van der Waals surface area contributed by atoms with E-state index in [0.717, 1.165) is 31.0 Å². The van der Waals surface area contributed by atoms with Gasteiger partial charge in [-0.2, -0.15) is 0 Å². The lowest BCUT2D eigenvalue weighted by atomic mass is 10.3. The van der Waals surface area contributed by atoms with Crippen LogP contribution in [-0.4, -0.2) is 38.0 Å². The Bertz CT molecular complexity index is 304. The number of hydrogen-bond donors (Lipinski definition) is 2. The molecule has 0 aliphatic carbocycles. The second kappa shape index (κ2) is 8.84. The molecule has 0 aliphatic rings. The lowest BCUT2D eigenvalue weighted by Gasteiger charge is -2.08. The lowest BCUT2D eigenvalue weighted by Crippen LogP contribution is -2.85. The average molecular weight is 240 g/mol. The quantitative estimate of drug-likeness (QED) is 0.615. The third-order valence-corrected chi connectivity index (χ3v) is 2.27. The first-order chi connectivity index (χ1) is 8.36. The third kappa shape index (κ3) is 6.14. The van der Waals surface area contributed by atoms with Gasteiger partial charge in [0.15, 0.2) is 0 Å². The summed E-state index contributed by atoms with van der Waals surface area (Å²) < 4.78 is 11.0. The fraction of sp³-hybridized carbons (Fsp3) is 0.538. The van der Waals surface area contributed by atoms with Gasteiger partial charge < -0.3 is 19.9 Å². The maximum atomic E-state index is 8.61. The third-order valence-electron chi connectivity index (χ3n) is 2.27. The largest absolute Gasteiger partial charge is 0.494 e. The molecule has 0 aliphatic heterocycles. The fourth-order valence-electron chi connectivity index (χ4n) is 1.47. The van der Waals surface area contributed by atoms with Gasteiger partial charge >= 0.3 is 0 Å². The summed E-state index contributed by atoms with van der Waals surface area (Å²) in [6.07, 6.45) is 0.971. The number of nitrogens with two attached hydrogens (primary N) is 1. The topological polar surface area (TPSA) is 55.3 Å². The van der Waals surface area contributed by atoms with E-state index in [1.54, 1.807) is 0 Å². The summed E-state index contributed by atoms with van der Waals surface area (Å²) in [6.45, 7) is 5.30. The summed E-state index contributed by atoms with van der Waals surface area (Å²) in [5, 5.41) is 10.7. The predicted molar refractivity (Wildman–Crippen MR) is 66.5 cm³/mol. The number of benzene rings is 1. The van der Waals surface area contributed by atoms with Gasteiger partial charge in [0, 0.05) is 12.5 Å². The van der Waals surface area contributed by atoms with Crippen molar-refractivity contribution in [1.29, 1.82) is 0 Å². The zero-order chi connectivity index (χ0) is 12.3. The maximum absolute atomic E-state index is 8.61. The van der Waals surface area contributed by atoms with Crippen LogP contribution in [0.1, 0.15) is 13.3 Å². The van der Waals surface area contributed by atoms with Gasteiger partial charge in [-0.1, -0.05) is 6.07 Å². The molecular weight excluding hydrogens is 218 g/mol. The monoisotopic (exact) mass is 240 g/mol. The first kappa shape index (κ1) is 13.8. The normalized spacial score (nSPS) is 10.2. The van der Waals surface area contributed by atoms with Crippen LogP contribution in [-0.2, 0) is 0 Å². The number of aliphatic hydroxyl groups is 1. The van der Waals surface area contributed by atoms with E-state index in [0.29, 0.717) is 13.2 Å². The van der Waals surface area contributed by atoms with Crippen LogP contribution in [0.15, 0.2) is 24.3 Å². The molecule has 0 fully saturated rings. The second-order valence-electron chi connectivity index (χ2n) is 3.70. The van der Waals surface area contributed by atoms with Crippen molar-refractivity contribution in [3.05, 3.63) is 24.3 Å². The Labute approximate surface area is 103 Å². The van der Waals surface area contributed by atoms with Crippen LogP contribution in [0.4, 0.5) is 0 Å². The van der Waals surface area contributed by atoms with Gasteiger partial charge in [-0.15, -0.1) is 0 Å². The van der Waals surface area contributed by atoms with Crippen LogP contribution in [0.5, 0.6) is 11.5 Å². The van der Waals surface area contributed by atoms with E-state index in [4.69, 9.17) is 14.6 Å². The molecule has 0 radical (unpaired) electrons. The minimum Gasteiger partial charge on any atom is -0.494 e. The van der Waals surface area contributed by atoms with Crippen molar-refractivity contribution in [3.8, 4) is 11.5 Å². The first-order valence-electron chi connectivity index (χ1n) is 6.15. The van der Waals surface area contributed by atoms with Crippen LogP contribution < -0.4 is 14.8 Å². The van der Waals surface area contributed by atoms with E-state index in [-0.39, 0.29) is 6.61 Å². The molecule has 0 spiro atoms. The molecule has 0 atom stereocenters. The molecular formula is C13H22NO3+. The van der Waals surface area contributed by atoms with Gasteiger partial charge in [0.1, 0.15) is 11.5 Å². The molecule has 96 valence electrons. The molecule has 0 bridgehead atoms. The molecule has 1 rings (SSSR count). The number of hydrogen-bond acceptors (Lipinski definition) is 3. The first-order valence-corrected chi connectivity index (χ1v) is 6.15. The lowest BCUT2D eigenvalue weighted by molar-refractivity contribution is -0.656. The fourth-order valence-corrected chi connectivity index (χ4v) is 1.47. The maximum Gasteiger partial charge on any atom is 0.122 e. The van der Waals surface area contributed by atoms with E-state index in [9.17, 15) is 0 Å². The van der Waals surface area contributed by atoms with Crippen molar-refractivity contribution in [3.63, 3.8) is 0 Å². The van der Waals surface area contributed by atoms with E-state index >= 15 is 0 Å². The van der Waals surface area contributed by atoms with E-state index < -0.39 is 0 Å². The smallest absolute Gasteiger partial charge is 0.122 e. The Hall–Kier alpha value is -1.26. The van der Waals surface area contributed by atoms with Crippen molar-refractivity contribution in [1.82, 2.24) is 0 Å². The van der Waals surface area contributed by atoms with Crippen LogP contribution in [0.25, 0.3) is 0 Å². The van der Waals surface area contributed by atoms with E-state index in [1.165, 1.54) is 0 Å². The number of ether oxygens (including phenoxy) is 2. The zero-order valence-corrected chi connectivity index (χ0v) is 10.4. The van der Waals surface area contributed by atoms with Gasteiger partial charge in [0.2, 0.25) is 0 Å². The van der Waals surface area contributed by atoms with Crippen molar-refractivity contribution >= 4 is 0 Å². The SMILES string of the molecule is CCOc1cccc(OCCC[NH2+]CCO)c1. The highest BCUT2D eigenvalue weighted by Gasteiger charge is 1.97. The molecule has 0 aromatic heterocycles. The standard InChI is InChI=1S/C13H21NO3/c1-2-16-12-5-3-6-13(11-12)17-10-4-7-14-8-9-15/h3,5-6,11,14-15H,2,4,7-10H2,1H3/p+1. The number of rotatable bonds is 9. The Morgan fingerprint density at radius 3 is 2.65 bits per heavy atom. The van der Waals surface area contributed by atoms with Crippen LogP contribution in [0.3, 0.4) is 0 Å². The molecule has 0 saturated heterocycles. The Morgan fingerprint density at radius 2 is 1.94 bits per heavy atom. The van der Waals surface area contributed by atoms with Crippen molar-refractivity contribution in [2.75, 3.05) is 32.9 Å². The second-order valence-corrected chi connectivity index (χ2v) is 3.70. The molecule has 0 saturated carbocycles. The van der Waals surface area contributed by atoms with Crippen LogP contribution in [0.2, 0.25) is 0 Å².